The molecule has 0 spiro atoms. The number of carbonyl (C=O) groups is 1. The summed E-state index contributed by atoms with van der Waals surface area (Å²) in [7, 11) is 4.01. The summed E-state index contributed by atoms with van der Waals surface area (Å²) in [5, 5.41) is 0. The van der Waals surface area contributed by atoms with Crippen molar-refractivity contribution in [2.45, 2.75) is 32.7 Å². The van der Waals surface area contributed by atoms with E-state index in [0.29, 0.717) is 13.1 Å². The zero-order valence-electron chi connectivity index (χ0n) is 13.8. The number of fused-ring (bicyclic) bond motifs is 1. The lowest BCUT2D eigenvalue weighted by Gasteiger charge is -2.31. The van der Waals surface area contributed by atoms with Crippen LogP contribution in [-0.4, -0.2) is 65.9 Å². The number of hydrogen-bond donors (Lipinski definition) is 0. The highest BCUT2D eigenvalue weighted by Crippen LogP contribution is 2.25. The van der Waals surface area contributed by atoms with Crippen LogP contribution in [-0.2, 0) is 17.8 Å². The second-order valence-corrected chi connectivity index (χ2v) is 6.46. The molecule has 1 amide bonds. The van der Waals surface area contributed by atoms with Crippen LogP contribution in [0.4, 0.5) is 5.82 Å². The Bertz CT molecular complexity index is 566. The van der Waals surface area contributed by atoms with E-state index in [2.05, 4.69) is 14.9 Å². The molecule has 2 aliphatic heterocycles. The topological polar surface area (TPSA) is 52.6 Å². The Hall–Kier alpha value is -1.69. The van der Waals surface area contributed by atoms with Gasteiger partial charge in [-0.3, -0.25) is 9.69 Å². The maximum Gasteiger partial charge on any atom is 0.237 e. The third-order valence-electron chi connectivity index (χ3n) is 4.49. The number of aromatic nitrogens is 2. The smallest absolute Gasteiger partial charge is 0.237 e. The Morgan fingerprint density at radius 2 is 1.91 bits per heavy atom. The normalized spacial score (nSPS) is 18.4. The van der Waals surface area contributed by atoms with Gasteiger partial charge in [-0.15, -0.1) is 0 Å². The van der Waals surface area contributed by atoms with E-state index in [9.17, 15) is 4.79 Å². The monoisotopic (exact) mass is 303 g/mol. The van der Waals surface area contributed by atoms with Crippen LogP contribution in [0.25, 0.3) is 0 Å². The van der Waals surface area contributed by atoms with E-state index >= 15 is 0 Å². The van der Waals surface area contributed by atoms with Gasteiger partial charge in [-0.25, -0.2) is 9.97 Å². The van der Waals surface area contributed by atoms with Crippen molar-refractivity contribution in [1.29, 1.82) is 0 Å². The highest BCUT2D eigenvalue weighted by molar-refractivity contribution is 5.78. The summed E-state index contributed by atoms with van der Waals surface area (Å²) in [4.78, 5) is 27.9. The van der Waals surface area contributed by atoms with Gasteiger partial charge in [0.25, 0.3) is 0 Å². The van der Waals surface area contributed by atoms with Crippen LogP contribution in [0.5, 0.6) is 0 Å². The molecule has 0 aromatic carbocycles. The van der Waals surface area contributed by atoms with Crippen LogP contribution in [0.2, 0.25) is 0 Å². The molecule has 22 heavy (non-hydrogen) atoms. The zero-order chi connectivity index (χ0) is 15.7. The standard InChI is InChI=1S/C16H25N5O/c1-12-17-14-10-21(15(22)11-20-7-4-5-8-20)9-6-13(14)16(18-12)19(2)3/h4-11H2,1-3H3. The Balaban J connectivity index is 1.74. The van der Waals surface area contributed by atoms with E-state index in [1.165, 1.54) is 18.4 Å². The van der Waals surface area contributed by atoms with Crippen molar-refractivity contribution in [3.05, 3.63) is 17.1 Å². The van der Waals surface area contributed by atoms with E-state index < -0.39 is 0 Å². The molecular weight excluding hydrogens is 278 g/mol. The van der Waals surface area contributed by atoms with E-state index in [1.54, 1.807) is 0 Å². The van der Waals surface area contributed by atoms with Gasteiger partial charge in [0.1, 0.15) is 11.6 Å². The molecule has 1 fully saturated rings. The van der Waals surface area contributed by atoms with Gasteiger partial charge in [0.05, 0.1) is 18.8 Å². The number of anilines is 1. The van der Waals surface area contributed by atoms with Crippen molar-refractivity contribution in [2.24, 2.45) is 0 Å². The number of likely N-dealkylation sites (tertiary alicyclic amines) is 1. The first-order valence-corrected chi connectivity index (χ1v) is 8.08. The fraction of sp³-hybridized carbons (Fsp3) is 0.688. The average molecular weight is 303 g/mol. The number of nitrogens with zero attached hydrogens (tertiary/aromatic N) is 5. The van der Waals surface area contributed by atoms with Gasteiger partial charge < -0.3 is 9.80 Å². The first-order valence-electron chi connectivity index (χ1n) is 8.08. The molecule has 0 unspecified atom stereocenters. The van der Waals surface area contributed by atoms with Crippen LogP contribution >= 0.6 is 0 Å². The molecule has 6 heteroatoms. The summed E-state index contributed by atoms with van der Waals surface area (Å²) in [6.07, 6.45) is 3.28. The molecule has 0 bridgehead atoms. The Labute approximate surface area is 132 Å². The first kappa shape index (κ1) is 15.2. The van der Waals surface area contributed by atoms with Gasteiger partial charge in [-0.2, -0.15) is 0 Å². The molecule has 1 saturated heterocycles. The minimum atomic E-state index is 0.232. The van der Waals surface area contributed by atoms with Gasteiger partial charge in [-0.1, -0.05) is 0 Å². The Morgan fingerprint density at radius 3 is 2.59 bits per heavy atom. The molecule has 6 nitrogen and oxygen atoms in total. The quantitative estimate of drug-likeness (QED) is 0.828. The van der Waals surface area contributed by atoms with E-state index in [4.69, 9.17) is 0 Å². The largest absolute Gasteiger partial charge is 0.362 e. The average Bonchev–Trinajstić information content (AvgIpc) is 2.98. The summed E-state index contributed by atoms with van der Waals surface area (Å²) in [5.74, 6) is 2.00. The second kappa shape index (κ2) is 6.20. The number of rotatable bonds is 3. The van der Waals surface area contributed by atoms with Crippen molar-refractivity contribution in [2.75, 3.05) is 45.2 Å². The van der Waals surface area contributed by atoms with Gasteiger partial charge in [-0.05, 0) is 39.3 Å². The Kier molecular flexibility index (Phi) is 4.29. The fourth-order valence-corrected chi connectivity index (χ4v) is 3.35. The fourth-order valence-electron chi connectivity index (χ4n) is 3.35. The van der Waals surface area contributed by atoms with Crippen molar-refractivity contribution in [3.63, 3.8) is 0 Å². The molecular formula is C16H25N5O. The molecule has 0 aliphatic carbocycles. The van der Waals surface area contributed by atoms with E-state index in [0.717, 1.165) is 43.4 Å². The molecule has 3 heterocycles. The predicted octanol–water partition coefficient (Wildman–Crippen LogP) is 0.832. The summed E-state index contributed by atoms with van der Waals surface area (Å²) < 4.78 is 0. The third kappa shape index (κ3) is 3.06. The van der Waals surface area contributed by atoms with Gasteiger partial charge in [0.15, 0.2) is 0 Å². The van der Waals surface area contributed by atoms with Crippen LogP contribution < -0.4 is 4.90 Å². The summed E-state index contributed by atoms with van der Waals surface area (Å²) in [6, 6.07) is 0. The lowest BCUT2D eigenvalue weighted by molar-refractivity contribution is -0.133. The number of carbonyl (C=O) groups excluding carboxylic acids is 1. The van der Waals surface area contributed by atoms with E-state index in [-0.39, 0.29) is 5.91 Å². The van der Waals surface area contributed by atoms with Crippen LogP contribution in [0.1, 0.15) is 29.9 Å². The highest BCUT2D eigenvalue weighted by Gasteiger charge is 2.26. The van der Waals surface area contributed by atoms with Crippen LogP contribution in [0, 0.1) is 6.92 Å². The third-order valence-corrected chi connectivity index (χ3v) is 4.49. The molecule has 1 aromatic heterocycles. The van der Waals surface area contributed by atoms with Crippen LogP contribution in [0.15, 0.2) is 0 Å². The van der Waals surface area contributed by atoms with Crippen molar-refractivity contribution in [1.82, 2.24) is 19.8 Å². The molecule has 0 atom stereocenters. The van der Waals surface area contributed by atoms with Crippen molar-refractivity contribution >= 4 is 11.7 Å². The molecule has 0 saturated carbocycles. The summed E-state index contributed by atoms with van der Waals surface area (Å²) >= 11 is 0. The predicted molar refractivity (Wildman–Crippen MR) is 85.9 cm³/mol. The zero-order valence-corrected chi connectivity index (χ0v) is 13.8. The SMILES string of the molecule is Cc1nc2c(c(N(C)C)n1)CCN(C(=O)CN1CCCC1)C2. The van der Waals surface area contributed by atoms with Gasteiger partial charge in [0.2, 0.25) is 5.91 Å². The molecule has 2 aliphatic rings. The van der Waals surface area contributed by atoms with Crippen LogP contribution in [0.3, 0.4) is 0 Å². The lowest BCUT2D eigenvalue weighted by Crippen LogP contribution is -2.42. The van der Waals surface area contributed by atoms with Gasteiger partial charge >= 0.3 is 0 Å². The van der Waals surface area contributed by atoms with Gasteiger partial charge in [0, 0.05) is 26.2 Å². The lowest BCUT2D eigenvalue weighted by atomic mass is 10.0. The number of aryl methyl sites for hydroxylation is 1. The maximum absolute atomic E-state index is 12.5. The highest BCUT2D eigenvalue weighted by atomic mass is 16.2. The minimum absolute atomic E-state index is 0.232. The number of hydrogen-bond acceptors (Lipinski definition) is 5. The first-order chi connectivity index (χ1) is 10.5. The Morgan fingerprint density at radius 1 is 1.18 bits per heavy atom. The summed E-state index contributed by atoms with van der Waals surface area (Å²) in [6.45, 7) is 5.97. The molecule has 3 rings (SSSR count). The molecule has 120 valence electrons. The van der Waals surface area contributed by atoms with E-state index in [1.807, 2.05) is 30.8 Å². The number of amides is 1. The minimum Gasteiger partial charge on any atom is -0.362 e. The molecule has 0 radical (unpaired) electrons. The molecule has 1 aromatic rings. The van der Waals surface area contributed by atoms with Crippen molar-refractivity contribution < 1.29 is 4.79 Å². The second-order valence-electron chi connectivity index (χ2n) is 6.46. The summed E-state index contributed by atoms with van der Waals surface area (Å²) in [5.41, 5.74) is 2.21. The van der Waals surface area contributed by atoms with Crippen molar-refractivity contribution in [3.8, 4) is 0 Å². The maximum atomic E-state index is 12.5. The molecule has 0 N–H and O–H groups in total.